The molecule has 100 valence electrons. The molecule has 0 radical (unpaired) electrons. The molecule has 3 heteroatoms. The first-order valence-corrected chi connectivity index (χ1v) is 7.49. The van der Waals surface area contributed by atoms with Crippen LogP contribution in [0.5, 0.6) is 0 Å². The van der Waals surface area contributed by atoms with Crippen molar-refractivity contribution in [3.63, 3.8) is 0 Å². The molecule has 1 aromatic heterocycles. The van der Waals surface area contributed by atoms with Crippen molar-refractivity contribution in [1.29, 1.82) is 0 Å². The zero-order valence-electron chi connectivity index (χ0n) is 11.3. The predicted molar refractivity (Wildman–Crippen MR) is 82.5 cm³/mol. The lowest BCUT2D eigenvalue weighted by Crippen LogP contribution is -2.09. The highest BCUT2D eigenvalue weighted by Gasteiger charge is 2.16. The summed E-state index contributed by atoms with van der Waals surface area (Å²) in [5.41, 5.74) is 1.43. The molecule has 0 N–H and O–H groups in total. The summed E-state index contributed by atoms with van der Waals surface area (Å²) < 4.78 is 0.792. The molecule has 1 atom stereocenters. The molecule has 2 nitrogen and oxygen atoms in total. The van der Waals surface area contributed by atoms with Gasteiger partial charge in [0.05, 0.1) is 5.52 Å². The quantitative estimate of drug-likeness (QED) is 0.725. The molecule has 0 spiro atoms. The van der Waals surface area contributed by atoms with Gasteiger partial charge in [-0.3, -0.25) is 4.79 Å². The Morgan fingerprint density at radius 1 is 1.37 bits per heavy atom. The van der Waals surface area contributed by atoms with E-state index in [0.29, 0.717) is 18.0 Å². The van der Waals surface area contributed by atoms with Crippen molar-refractivity contribution >= 4 is 32.6 Å². The molecule has 19 heavy (non-hydrogen) atoms. The minimum atomic E-state index is 0.124. The third-order valence-electron chi connectivity index (χ3n) is 3.26. The largest absolute Gasteiger partial charge is 0.292 e. The standard InChI is InChI=1S/C16H18BrNO/c1-3-6-11(2)9-15(19)16-13(17)10-12-7-4-5-8-14(12)18-16/h4-5,7-8,10-11H,3,6,9H2,1-2H3. The Bertz CT molecular complexity index is 594. The summed E-state index contributed by atoms with van der Waals surface area (Å²) >= 11 is 3.46. The highest BCUT2D eigenvalue weighted by atomic mass is 79.9. The second kappa shape index (κ2) is 6.29. The van der Waals surface area contributed by atoms with Crippen LogP contribution in [-0.2, 0) is 0 Å². The summed E-state index contributed by atoms with van der Waals surface area (Å²) in [6.45, 7) is 4.27. The molecule has 0 fully saturated rings. The number of para-hydroxylation sites is 1. The van der Waals surface area contributed by atoms with Crippen molar-refractivity contribution in [3.05, 3.63) is 40.5 Å². The van der Waals surface area contributed by atoms with E-state index in [4.69, 9.17) is 0 Å². The first-order chi connectivity index (χ1) is 9.11. The van der Waals surface area contributed by atoms with E-state index in [1.165, 1.54) is 0 Å². The van der Waals surface area contributed by atoms with Gasteiger partial charge in [-0.15, -0.1) is 0 Å². The number of aromatic nitrogens is 1. The molecule has 1 unspecified atom stereocenters. The molecule has 2 rings (SSSR count). The van der Waals surface area contributed by atoms with E-state index in [1.54, 1.807) is 0 Å². The molecule has 0 bridgehead atoms. The third-order valence-corrected chi connectivity index (χ3v) is 3.86. The Kier molecular flexibility index (Phi) is 4.70. The molecular formula is C16H18BrNO. The maximum atomic E-state index is 12.3. The number of ketones is 1. The van der Waals surface area contributed by atoms with E-state index in [0.717, 1.165) is 28.2 Å². The molecule has 0 aliphatic heterocycles. The molecule has 1 aromatic carbocycles. The van der Waals surface area contributed by atoms with Crippen molar-refractivity contribution in [2.24, 2.45) is 5.92 Å². The fourth-order valence-electron chi connectivity index (χ4n) is 2.29. The van der Waals surface area contributed by atoms with Gasteiger partial charge in [0.2, 0.25) is 0 Å². The summed E-state index contributed by atoms with van der Waals surface area (Å²) in [5, 5.41) is 1.05. The number of nitrogens with zero attached hydrogens (tertiary/aromatic N) is 1. The van der Waals surface area contributed by atoms with Crippen LogP contribution in [0.25, 0.3) is 10.9 Å². The number of pyridine rings is 1. The monoisotopic (exact) mass is 319 g/mol. The van der Waals surface area contributed by atoms with Crippen LogP contribution in [-0.4, -0.2) is 10.8 Å². The number of fused-ring (bicyclic) bond motifs is 1. The van der Waals surface area contributed by atoms with Crippen LogP contribution in [0.4, 0.5) is 0 Å². The number of hydrogen-bond donors (Lipinski definition) is 0. The SMILES string of the molecule is CCCC(C)CC(=O)c1nc2ccccc2cc1Br. The highest BCUT2D eigenvalue weighted by Crippen LogP contribution is 2.24. The summed E-state index contributed by atoms with van der Waals surface area (Å²) in [7, 11) is 0. The zero-order chi connectivity index (χ0) is 13.8. The van der Waals surface area contributed by atoms with Gasteiger partial charge >= 0.3 is 0 Å². The maximum absolute atomic E-state index is 12.3. The number of Topliss-reactive ketones (excluding diaryl/α,β-unsaturated/α-hetero) is 1. The summed E-state index contributed by atoms with van der Waals surface area (Å²) in [5.74, 6) is 0.538. The summed E-state index contributed by atoms with van der Waals surface area (Å²) in [6.07, 6.45) is 2.76. The van der Waals surface area contributed by atoms with Crippen LogP contribution in [0.3, 0.4) is 0 Å². The molecule has 1 heterocycles. The van der Waals surface area contributed by atoms with Gasteiger partial charge in [-0.05, 0) is 34.0 Å². The summed E-state index contributed by atoms with van der Waals surface area (Å²) in [4.78, 5) is 16.8. The van der Waals surface area contributed by atoms with Crippen LogP contribution in [0.1, 0.15) is 43.6 Å². The molecule has 0 saturated heterocycles. The number of benzene rings is 1. The first kappa shape index (κ1) is 14.2. The Hall–Kier alpha value is -1.22. The van der Waals surface area contributed by atoms with Crippen LogP contribution in [0.2, 0.25) is 0 Å². The smallest absolute Gasteiger partial charge is 0.182 e. The van der Waals surface area contributed by atoms with Crippen molar-refractivity contribution < 1.29 is 4.79 Å². The zero-order valence-corrected chi connectivity index (χ0v) is 12.9. The first-order valence-electron chi connectivity index (χ1n) is 6.70. The van der Waals surface area contributed by atoms with E-state index in [-0.39, 0.29) is 5.78 Å². The average Bonchev–Trinajstić information content (AvgIpc) is 2.38. The van der Waals surface area contributed by atoms with Gasteiger partial charge in [0.25, 0.3) is 0 Å². The van der Waals surface area contributed by atoms with Crippen molar-refractivity contribution in [3.8, 4) is 0 Å². The van der Waals surface area contributed by atoms with Crippen LogP contribution < -0.4 is 0 Å². The van der Waals surface area contributed by atoms with Crippen LogP contribution >= 0.6 is 15.9 Å². The lowest BCUT2D eigenvalue weighted by Gasteiger charge is -2.10. The van der Waals surface area contributed by atoms with Gasteiger partial charge in [-0.2, -0.15) is 0 Å². The minimum absolute atomic E-state index is 0.124. The Labute approximate surface area is 122 Å². The number of carbonyl (C=O) groups excluding carboxylic acids is 1. The molecule has 0 aliphatic carbocycles. The fourth-order valence-corrected chi connectivity index (χ4v) is 2.85. The van der Waals surface area contributed by atoms with E-state index >= 15 is 0 Å². The molecule has 0 amide bonds. The van der Waals surface area contributed by atoms with Crippen LogP contribution in [0, 0.1) is 5.92 Å². The lowest BCUT2D eigenvalue weighted by molar-refractivity contribution is 0.0957. The molecule has 0 saturated carbocycles. The van der Waals surface area contributed by atoms with Gasteiger partial charge in [-0.25, -0.2) is 4.98 Å². The van der Waals surface area contributed by atoms with E-state index in [9.17, 15) is 4.79 Å². The molecular weight excluding hydrogens is 302 g/mol. The molecule has 2 aromatic rings. The van der Waals surface area contributed by atoms with Crippen LogP contribution in [0.15, 0.2) is 34.8 Å². The Balaban J connectivity index is 2.29. The van der Waals surface area contributed by atoms with Crippen molar-refractivity contribution in [2.45, 2.75) is 33.1 Å². The van der Waals surface area contributed by atoms with E-state index in [1.807, 2.05) is 30.3 Å². The Morgan fingerprint density at radius 2 is 2.11 bits per heavy atom. The maximum Gasteiger partial charge on any atom is 0.182 e. The van der Waals surface area contributed by atoms with Gasteiger partial charge in [-0.1, -0.05) is 44.9 Å². The van der Waals surface area contributed by atoms with Gasteiger partial charge in [0.15, 0.2) is 5.78 Å². The van der Waals surface area contributed by atoms with Crippen molar-refractivity contribution in [1.82, 2.24) is 4.98 Å². The van der Waals surface area contributed by atoms with Crippen molar-refractivity contribution in [2.75, 3.05) is 0 Å². The van der Waals surface area contributed by atoms with E-state index in [2.05, 4.69) is 34.8 Å². The lowest BCUT2D eigenvalue weighted by atomic mass is 9.98. The number of carbonyl (C=O) groups is 1. The highest BCUT2D eigenvalue weighted by molar-refractivity contribution is 9.10. The van der Waals surface area contributed by atoms with Gasteiger partial charge < -0.3 is 0 Å². The topological polar surface area (TPSA) is 30.0 Å². The van der Waals surface area contributed by atoms with Gasteiger partial charge in [0.1, 0.15) is 5.69 Å². The van der Waals surface area contributed by atoms with E-state index < -0.39 is 0 Å². The molecule has 0 aliphatic rings. The normalized spacial score (nSPS) is 12.6. The minimum Gasteiger partial charge on any atom is -0.292 e. The Morgan fingerprint density at radius 3 is 2.84 bits per heavy atom. The number of rotatable bonds is 5. The van der Waals surface area contributed by atoms with Gasteiger partial charge in [0, 0.05) is 16.3 Å². The fraction of sp³-hybridized carbons (Fsp3) is 0.375. The number of halogens is 1. The average molecular weight is 320 g/mol. The predicted octanol–water partition coefficient (Wildman–Crippen LogP) is 5.01. The summed E-state index contributed by atoms with van der Waals surface area (Å²) in [6, 6.07) is 9.83. The third kappa shape index (κ3) is 3.41. The number of hydrogen-bond acceptors (Lipinski definition) is 2. The second-order valence-electron chi connectivity index (χ2n) is 5.03. The second-order valence-corrected chi connectivity index (χ2v) is 5.89.